The van der Waals surface area contributed by atoms with Crippen molar-refractivity contribution in [3.05, 3.63) is 66.4 Å². The molecule has 4 aromatic rings. The van der Waals surface area contributed by atoms with E-state index in [9.17, 15) is 8.42 Å². The van der Waals surface area contributed by atoms with Crippen LogP contribution >= 0.6 is 0 Å². The van der Waals surface area contributed by atoms with Crippen LogP contribution in [0.5, 0.6) is 0 Å². The zero-order valence-corrected chi connectivity index (χ0v) is 16.7. The highest BCUT2D eigenvalue weighted by molar-refractivity contribution is 7.92. The lowest BCUT2D eigenvalue weighted by Gasteiger charge is -2.06. The molecular weight excluding hydrogens is 374 g/mol. The second kappa shape index (κ2) is 6.79. The first-order valence-electron chi connectivity index (χ1n) is 8.99. The molecule has 1 N–H and O–H groups in total. The Kier molecular flexibility index (Phi) is 4.43. The number of nitrogens with one attached hydrogen (secondary N) is 1. The Morgan fingerprint density at radius 2 is 1.79 bits per heavy atom. The van der Waals surface area contributed by atoms with Crippen LogP contribution in [0.15, 0.2) is 60.0 Å². The number of rotatable bonds is 5. The van der Waals surface area contributed by atoms with E-state index >= 15 is 0 Å². The fourth-order valence-electron chi connectivity index (χ4n) is 3.14. The van der Waals surface area contributed by atoms with E-state index in [-0.39, 0.29) is 5.03 Å². The number of nitrogens with zero attached hydrogens (tertiary/aromatic N) is 4. The van der Waals surface area contributed by atoms with Crippen LogP contribution in [-0.2, 0) is 16.6 Å². The number of sulfonamides is 1. The van der Waals surface area contributed by atoms with Gasteiger partial charge in [-0.15, -0.1) is 0 Å². The predicted octanol–water partition coefficient (Wildman–Crippen LogP) is 3.64. The van der Waals surface area contributed by atoms with Crippen molar-refractivity contribution in [2.45, 2.75) is 32.3 Å². The Labute approximate surface area is 163 Å². The molecule has 0 unspecified atom stereocenters. The van der Waals surface area contributed by atoms with Crippen LogP contribution < -0.4 is 4.72 Å². The van der Waals surface area contributed by atoms with Gasteiger partial charge in [0, 0.05) is 36.4 Å². The molecule has 1 aromatic carbocycles. The van der Waals surface area contributed by atoms with Gasteiger partial charge < -0.3 is 8.97 Å². The van der Waals surface area contributed by atoms with Gasteiger partial charge in [0.2, 0.25) is 0 Å². The largest absolute Gasteiger partial charge is 0.334 e. The van der Waals surface area contributed by atoms with Gasteiger partial charge in [0.05, 0.1) is 5.69 Å². The predicted molar refractivity (Wildman–Crippen MR) is 109 cm³/mol. The lowest BCUT2D eigenvalue weighted by Crippen LogP contribution is -2.13. The summed E-state index contributed by atoms with van der Waals surface area (Å²) in [4.78, 5) is 8.81. The monoisotopic (exact) mass is 395 g/mol. The smallest absolute Gasteiger partial charge is 0.280 e. The highest BCUT2D eigenvalue weighted by atomic mass is 32.2. The van der Waals surface area contributed by atoms with E-state index in [1.165, 1.54) is 0 Å². The van der Waals surface area contributed by atoms with Crippen LogP contribution in [0, 0.1) is 13.8 Å². The Bertz CT molecular complexity index is 1250. The van der Waals surface area contributed by atoms with E-state index in [2.05, 4.69) is 14.7 Å². The van der Waals surface area contributed by atoms with Gasteiger partial charge in [-0.05, 0) is 44.5 Å². The maximum Gasteiger partial charge on any atom is 0.280 e. The fraction of sp³-hybridized carbons (Fsp3) is 0.200. The summed E-state index contributed by atoms with van der Waals surface area (Å²) in [5.41, 5.74) is 4.23. The second-order valence-electron chi connectivity index (χ2n) is 6.64. The highest BCUT2D eigenvalue weighted by Gasteiger charge is 2.19. The van der Waals surface area contributed by atoms with Crippen LogP contribution in [0.2, 0.25) is 0 Å². The van der Waals surface area contributed by atoms with Crippen molar-refractivity contribution in [2.75, 3.05) is 4.72 Å². The molecule has 0 saturated heterocycles. The maximum atomic E-state index is 12.6. The molecule has 4 rings (SSSR count). The van der Waals surface area contributed by atoms with Crippen molar-refractivity contribution in [3.63, 3.8) is 0 Å². The van der Waals surface area contributed by atoms with E-state index in [1.807, 2.05) is 54.9 Å². The van der Waals surface area contributed by atoms with E-state index < -0.39 is 10.0 Å². The first-order chi connectivity index (χ1) is 13.4. The number of fused-ring (bicyclic) bond motifs is 1. The van der Waals surface area contributed by atoms with Crippen LogP contribution in [0.1, 0.15) is 18.3 Å². The molecule has 0 bridgehead atoms. The zero-order chi connectivity index (χ0) is 19.9. The van der Waals surface area contributed by atoms with Crippen molar-refractivity contribution in [1.82, 2.24) is 18.9 Å². The molecule has 0 fully saturated rings. The summed E-state index contributed by atoms with van der Waals surface area (Å²) in [5.74, 6) is 0.667. The zero-order valence-electron chi connectivity index (χ0n) is 15.9. The standard InChI is InChI=1S/C20H21N5O2S/c1-4-24-13-19(21-15(24)3)28(26,27)23-17-9-7-16(8-10-17)18-12-25-11-5-6-14(2)20(25)22-18/h5-13,23H,4H2,1-3H3. The lowest BCUT2D eigenvalue weighted by atomic mass is 10.1. The average molecular weight is 395 g/mol. The number of hydrogen-bond acceptors (Lipinski definition) is 4. The molecule has 7 nitrogen and oxygen atoms in total. The van der Waals surface area contributed by atoms with Gasteiger partial charge in [0.15, 0.2) is 5.03 Å². The van der Waals surface area contributed by atoms with Gasteiger partial charge in [-0.3, -0.25) is 4.72 Å². The van der Waals surface area contributed by atoms with Crippen LogP contribution in [-0.4, -0.2) is 27.4 Å². The molecular formula is C20H21N5O2S. The summed E-state index contributed by atoms with van der Waals surface area (Å²) in [6, 6.07) is 11.2. The average Bonchev–Trinajstić information content (AvgIpc) is 3.27. The molecule has 3 heterocycles. The number of benzene rings is 1. The minimum atomic E-state index is -3.73. The Hall–Kier alpha value is -3.13. The van der Waals surface area contributed by atoms with Crippen LogP contribution in [0.3, 0.4) is 0 Å². The highest BCUT2D eigenvalue weighted by Crippen LogP contribution is 2.23. The first kappa shape index (κ1) is 18.2. The Balaban J connectivity index is 1.59. The third kappa shape index (κ3) is 3.27. The van der Waals surface area contributed by atoms with Crippen molar-refractivity contribution in [3.8, 4) is 11.3 Å². The summed E-state index contributed by atoms with van der Waals surface area (Å²) >= 11 is 0. The summed E-state index contributed by atoms with van der Waals surface area (Å²) in [6.45, 7) is 6.42. The molecule has 0 amide bonds. The van der Waals surface area contributed by atoms with Crippen LogP contribution in [0.25, 0.3) is 16.9 Å². The van der Waals surface area contributed by atoms with Crippen molar-refractivity contribution >= 4 is 21.4 Å². The molecule has 0 aliphatic rings. The van der Waals surface area contributed by atoms with E-state index in [1.54, 1.807) is 29.8 Å². The topological polar surface area (TPSA) is 81.3 Å². The van der Waals surface area contributed by atoms with Gasteiger partial charge in [-0.2, -0.15) is 8.42 Å². The van der Waals surface area contributed by atoms with Gasteiger partial charge in [0.25, 0.3) is 10.0 Å². The summed E-state index contributed by atoms with van der Waals surface area (Å²) in [7, 11) is -3.73. The molecule has 0 aliphatic heterocycles. The van der Waals surface area contributed by atoms with Crippen LogP contribution in [0.4, 0.5) is 5.69 Å². The summed E-state index contributed by atoms with van der Waals surface area (Å²) < 4.78 is 31.5. The molecule has 0 atom stereocenters. The lowest BCUT2D eigenvalue weighted by molar-refractivity contribution is 0.598. The van der Waals surface area contributed by atoms with Gasteiger partial charge >= 0.3 is 0 Å². The van der Waals surface area contributed by atoms with Crippen molar-refractivity contribution in [1.29, 1.82) is 0 Å². The maximum absolute atomic E-state index is 12.6. The minimum Gasteiger partial charge on any atom is -0.334 e. The van der Waals surface area contributed by atoms with Gasteiger partial charge in [-0.1, -0.05) is 18.2 Å². The number of imidazole rings is 2. The molecule has 0 aliphatic carbocycles. The number of aryl methyl sites for hydroxylation is 3. The molecule has 0 radical (unpaired) electrons. The van der Waals surface area contributed by atoms with Gasteiger partial charge in [-0.25, -0.2) is 9.97 Å². The Morgan fingerprint density at radius 1 is 1.04 bits per heavy atom. The number of pyridine rings is 1. The fourth-order valence-corrected chi connectivity index (χ4v) is 4.21. The minimum absolute atomic E-state index is 0.0201. The van der Waals surface area contributed by atoms with Crippen molar-refractivity contribution in [2.24, 2.45) is 0 Å². The van der Waals surface area contributed by atoms with E-state index in [0.29, 0.717) is 18.1 Å². The molecule has 28 heavy (non-hydrogen) atoms. The SMILES string of the molecule is CCn1cc(S(=O)(=O)Nc2ccc(-c3cn4cccc(C)c4n3)cc2)nc1C. The van der Waals surface area contributed by atoms with Gasteiger partial charge in [0.1, 0.15) is 11.5 Å². The number of hydrogen-bond donors (Lipinski definition) is 1. The first-order valence-corrected chi connectivity index (χ1v) is 10.5. The number of anilines is 1. The summed E-state index contributed by atoms with van der Waals surface area (Å²) in [6.07, 6.45) is 5.46. The summed E-state index contributed by atoms with van der Waals surface area (Å²) in [5, 5.41) is 0.0201. The third-order valence-corrected chi connectivity index (χ3v) is 5.93. The molecule has 0 spiro atoms. The van der Waals surface area contributed by atoms with E-state index in [0.717, 1.165) is 22.5 Å². The number of aromatic nitrogens is 4. The normalized spacial score (nSPS) is 11.8. The quantitative estimate of drug-likeness (QED) is 0.559. The molecule has 3 aromatic heterocycles. The molecule has 0 saturated carbocycles. The second-order valence-corrected chi connectivity index (χ2v) is 8.27. The van der Waals surface area contributed by atoms with Crippen molar-refractivity contribution < 1.29 is 8.42 Å². The molecule has 144 valence electrons. The Morgan fingerprint density at radius 3 is 2.43 bits per heavy atom. The molecule has 8 heteroatoms. The third-order valence-electron chi connectivity index (χ3n) is 4.68. The van der Waals surface area contributed by atoms with E-state index in [4.69, 9.17) is 0 Å².